The smallest absolute Gasteiger partial charge is 0.510 e. The summed E-state index contributed by atoms with van der Waals surface area (Å²) >= 11 is 5.92. The molecular weight excluding hydrogens is 246 g/mol. The van der Waals surface area contributed by atoms with Crippen molar-refractivity contribution in [1.29, 1.82) is 0 Å². The van der Waals surface area contributed by atoms with Gasteiger partial charge in [0.05, 0.1) is 0 Å². The highest BCUT2D eigenvalue weighted by Gasteiger charge is 2.36. The third kappa shape index (κ3) is 2.46. The molecule has 4 heteroatoms. The molecule has 0 amide bonds. The summed E-state index contributed by atoms with van der Waals surface area (Å²) in [6.07, 6.45) is 0. The Morgan fingerprint density at radius 2 is 1.56 bits per heavy atom. The first-order valence-corrected chi connectivity index (χ1v) is 6.69. The van der Waals surface area contributed by atoms with Gasteiger partial charge in [0.25, 0.3) is 0 Å². The molecule has 1 aliphatic heterocycles. The number of hydrogen-bond acceptors (Lipinski definition) is 2. The summed E-state index contributed by atoms with van der Waals surface area (Å²) in [6, 6.07) is 4.24. The Morgan fingerprint density at radius 3 is 2.06 bits per heavy atom. The maximum Gasteiger partial charge on any atom is 0.713 e. The number of rotatable bonds is 0. The lowest BCUT2D eigenvalue weighted by Gasteiger charge is -2.26. The molecule has 2 rings (SSSR count). The average molecular weight is 267 g/mol. The highest BCUT2D eigenvalue weighted by Crippen LogP contribution is 2.45. The molecule has 1 aromatic carbocycles. The Bertz CT molecular complexity index is 472. The molecule has 0 aromatic heterocycles. The summed E-state index contributed by atoms with van der Waals surface area (Å²) in [7, 11) is 0. The van der Waals surface area contributed by atoms with Gasteiger partial charge in [-0.05, 0) is 22.5 Å². The van der Waals surface area contributed by atoms with E-state index < -0.39 is 6.53 Å². The molecule has 0 saturated heterocycles. The lowest BCUT2D eigenvalue weighted by molar-refractivity contribution is 0.511. The second-order valence-corrected chi connectivity index (χ2v) is 7.22. The molecule has 18 heavy (non-hydrogen) atoms. The van der Waals surface area contributed by atoms with E-state index in [1.54, 1.807) is 0 Å². The van der Waals surface area contributed by atoms with Crippen LogP contribution in [0.25, 0.3) is 0 Å². The topological polar surface area (TPSA) is 18.5 Å². The number of fused-ring (bicyclic) bond motifs is 1. The number of halogens is 1. The van der Waals surface area contributed by atoms with E-state index >= 15 is 0 Å². The van der Waals surface area contributed by atoms with Gasteiger partial charge < -0.3 is 9.31 Å². The summed E-state index contributed by atoms with van der Waals surface area (Å²) < 4.78 is 11.1. The van der Waals surface area contributed by atoms with Gasteiger partial charge in [0, 0.05) is 5.56 Å². The predicted molar refractivity (Wildman–Crippen MR) is 76.7 cm³/mol. The van der Waals surface area contributed by atoms with E-state index in [0.717, 1.165) is 17.1 Å². The van der Waals surface area contributed by atoms with Crippen LogP contribution < -0.4 is 9.31 Å². The van der Waals surface area contributed by atoms with Gasteiger partial charge in [-0.1, -0.05) is 59.1 Å². The standard InChI is InChI=1S/C14H20BClO2/c1-13(2,3)9-7-10(14(4,5)6)12-11(8-9)17-15(16)18-12/h7-8H,1-6H3. The van der Waals surface area contributed by atoms with E-state index in [-0.39, 0.29) is 10.8 Å². The molecule has 1 aromatic rings. The van der Waals surface area contributed by atoms with E-state index in [0.29, 0.717) is 0 Å². The molecule has 0 bridgehead atoms. The molecule has 2 nitrogen and oxygen atoms in total. The lowest BCUT2D eigenvalue weighted by Crippen LogP contribution is -2.18. The van der Waals surface area contributed by atoms with Crippen molar-refractivity contribution in [3.05, 3.63) is 23.3 Å². The van der Waals surface area contributed by atoms with E-state index in [1.165, 1.54) is 5.56 Å². The van der Waals surface area contributed by atoms with Gasteiger partial charge in [0.15, 0.2) is 0 Å². The van der Waals surface area contributed by atoms with Crippen LogP contribution >= 0.6 is 11.5 Å². The summed E-state index contributed by atoms with van der Waals surface area (Å²) in [4.78, 5) is 0. The zero-order valence-corrected chi connectivity index (χ0v) is 12.7. The van der Waals surface area contributed by atoms with E-state index in [4.69, 9.17) is 20.8 Å². The quantitative estimate of drug-likeness (QED) is 0.653. The summed E-state index contributed by atoms with van der Waals surface area (Å²) in [5.74, 6) is 1.54. The highest BCUT2D eigenvalue weighted by molar-refractivity contribution is 7.00. The van der Waals surface area contributed by atoms with Crippen LogP contribution in [0.1, 0.15) is 52.7 Å². The molecule has 0 unspecified atom stereocenters. The minimum Gasteiger partial charge on any atom is -0.510 e. The average Bonchev–Trinajstić information content (AvgIpc) is 2.52. The van der Waals surface area contributed by atoms with Gasteiger partial charge in [-0.25, -0.2) is 0 Å². The monoisotopic (exact) mass is 266 g/mol. The maximum atomic E-state index is 5.92. The summed E-state index contributed by atoms with van der Waals surface area (Å²) in [6.45, 7) is 12.4. The van der Waals surface area contributed by atoms with E-state index in [1.807, 2.05) is 6.07 Å². The van der Waals surface area contributed by atoms with Gasteiger partial charge >= 0.3 is 6.53 Å². The number of benzene rings is 1. The zero-order chi connectivity index (χ0) is 13.7. The summed E-state index contributed by atoms with van der Waals surface area (Å²) in [5, 5.41) is 0. The highest BCUT2D eigenvalue weighted by atomic mass is 35.5. The predicted octanol–water partition coefficient (Wildman–Crippen LogP) is 4.28. The van der Waals surface area contributed by atoms with Gasteiger partial charge in [0.2, 0.25) is 0 Å². The van der Waals surface area contributed by atoms with Crippen molar-refractivity contribution in [3.8, 4) is 11.5 Å². The van der Waals surface area contributed by atoms with Crippen LogP contribution in [-0.2, 0) is 10.8 Å². The molecular formula is C14H20BClO2. The Kier molecular flexibility index (Phi) is 3.09. The molecule has 0 spiro atoms. The minimum absolute atomic E-state index is 0.00431. The van der Waals surface area contributed by atoms with Crippen molar-refractivity contribution in [2.24, 2.45) is 0 Å². The fourth-order valence-electron chi connectivity index (χ4n) is 2.02. The first kappa shape index (κ1) is 13.6. The van der Waals surface area contributed by atoms with Crippen molar-refractivity contribution in [2.75, 3.05) is 0 Å². The first-order valence-electron chi connectivity index (χ1n) is 6.25. The Hall–Kier alpha value is -0.825. The van der Waals surface area contributed by atoms with Crippen LogP contribution in [0, 0.1) is 0 Å². The van der Waals surface area contributed by atoms with Crippen LogP contribution in [0.15, 0.2) is 12.1 Å². The van der Waals surface area contributed by atoms with Crippen LogP contribution in [0.5, 0.6) is 11.5 Å². The normalized spacial score (nSPS) is 15.2. The molecule has 1 aliphatic rings. The van der Waals surface area contributed by atoms with Crippen LogP contribution in [0.3, 0.4) is 0 Å². The van der Waals surface area contributed by atoms with E-state index in [9.17, 15) is 0 Å². The largest absolute Gasteiger partial charge is 0.713 e. The first-order chi connectivity index (χ1) is 8.09. The van der Waals surface area contributed by atoms with Crippen LogP contribution in [-0.4, -0.2) is 6.53 Å². The second kappa shape index (κ2) is 4.09. The molecule has 0 atom stereocenters. The molecule has 0 aliphatic carbocycles. The van der Waals surface area contributed by atoms with Crippen molar-refractivity contribution in [3.63, 3.8) is 0 Å². The van der Waals surface area contributed by atoms with Crippen LogP contribution in [0.4, 0.5) is 0 Å². The van der Waals surface area contributed by atoms with Crippen molar-refractivity contribution in [2.45, 2.75) is 52.4 Å². The van der Waals surface area contributed by atoms with E-state index in [2.05, 4.69) is 47.6 Å². The molecule has 0 N–H and O–H groups in total. The molecule has 1 heterocycles. The fourth-order valence-corrected chi connectivity index (χ4v) is 2.20. The van der Waals surface area contributed by atoms with Gasteiger partial charge in [-0.2, -0.15) is 0 Å². The second-order valence-electron chi connectivity index (χ2n) is 6.86. The fraction of sp³-hybridized carbons (Fsp3) is 0.571. The Morgan fingerprint density at radius 1 is 0.944 bits per heavy atom. The lowest BCUT2D eigenvalue weighted by atomic mass is 9.80. The third-order valence-electron chi connectivity index (χ3n) is 3.16. The summed E-state index contributed by atoms with van der Waals surface area (Å²) in [5.41, 5.74) is 2.45. The third-order valence-corrected chi connectivity index (χ3v) is 3.34. The number of hydrogen-bond donors (Lipinski definition) is 0. The van der Waals surface area contributed by atoms with Gasteiger partial charge in [0.1, 0.15) is 11.5 Å². The van der Waals surface area contributed by atoms with Gasteiger partial charge in [-0.3, -0.25) is 0 Å². The maximum absolute atomic E-state index is 5.92. The van der Waals surface area contributed by atoms with Crippen LogP contribution in [0.2, 0.25) is 0 Å². The SMILES string of the molecule is CC(C)(C)c1cc2c(c(C(C)(C)C)c1)OB(Cl)O2. The van der Waals surface area contributed by atoms with Crippen molar-refractivity contribution >= 4 is 18.0 Å². The minimum atomic E-state index is -0.712. The van der Waals surface area contributed by atoms with Gasteiger partial charge in [-0.15, -0.1) is 0 Å². The zero-order valence-electron chi connectivity index (χ0n) is 11.9. The molecule has 98 valence electrons. The van der Waals surface area contributed by atoms with Crippen molar-refractivity contribution in [1.82, 2.24) is 0 Å². The molecule has 0 fully saturated rings. The Balaban J connectivity index is 2.62. The van der Waals surface area contributed by atoms with Crippen molar-refractivity contribution < 1.29 is 9.31 Å². The molecule has 0 saturated carbocycles. The Labute approximate surface area is 115 Å². The molecule has 0 radical (unpaired) electrons.